The molecule has 72 heavy (non-hydrogen) atoms. The Morgan fingerprint density at radius 2 is 0.583 bits per heavy atom. The Morgan fingerprint density at radius 1 is 0.347 bits per heavy atom. The molecule has 0 unspecified atom stereocenters. The second-order valence-corrected chi connectivity index (χ2v) is 22.0. The van der Waals surface area contributed by atoms with Crippen LogP contribution in [0.1, 0.15) is 158 Å². The van der Waals surface area contributed by atoms with Gasteiger partial charge in [-0.1, -0.05) is 20.8 Å². The number of carbonyl (C=O) groups is 3. The molecule has 0 spiro atoms. The third kappa shape index (κ3) is 4.24. The van der Waals surface area contributed by atoms with E-state index < -0.39 is 98.5 Å². The fourth-order valence-electron chi connectivity index (χ4n) is 15.3. The zero-order valence-electron chi connectivity index (χ0n) is 39.0. The van der Waals surface area contributed by atoms with E-state index in [1.165, 1.54) is 30.3 Å². The van der Waals surface area contributed by atoms with Crippen LogP contribution in [0, 0.1) is 0 Å². The number of rotatable bonds is 0. The summed E-state index contributed by atoms with van der Waals surface area (Å²) >= 11 is 0. The van der Waals surface area contributed by atoms with Gasteiger partial charge in [-0.15, -0.1) is 0 Å². The van der Waals surface area contributed by atoms with Crippen molar-refractivity contribution in [2.75, 3.05) is 0 Å². The summed E-state index contributed by atoms with van der Waals surface area (Å²) in [5, 5.41) is -4.11. The number of ketones is 3. The van der Waals surface area contributed by atoms with Gasteiger partial charge in [-0.2, -0.15) is 0 Å². The molecule has 6 aliphatic carbocycles. The number of furan rings is 3. The van der Waals surface area contributed by atoms with Gasteiger partial charge in [-0.3, -0.25) is 43.2 Å². The van der Waals surface area contributed by atoms with Gasteiger partial charge in [0.1, 0.15) is 0 Å². The van der Waals surface area contributed by atoms with Crippen molar-refractivity contribution in [3.8, 4) is 0 Å². The average Bonchev–Trinajstić information content (AvgIpc) is 4.15. The van der Waals surface area contributed by atoms with E-state index in [0.29, 0.717) is 55.2 Å². The lowest BCUT2D eigenvalue weighted by Crippen LogP contribution is -2.36. The van der Waals surface area contributed by atoms with Crippen LogP contribution in [0.4, 0.5) is 0 Å². The van der Waals surface area contributed by atoms with E-state index in [4.69, 9.17) is 13.3 Å². The Labute approximate surface area is 403 Å². The Bertz CT molecular complexity index is 4860. The fourth-order valence-corrected chi connectivity index (χ4v) is 15.3. The SMILES string of the molecule is C[C@@]12CCCc3coc(c31)C(=O)c1cc3c(=O)c4c5c(=O)c6cc7c(cc6c(=O)c5c5c(=O)c6cc8c(cc6c(=O)c5c4c(=O)c3cc12)C(=O)c1occ2c1[C@@]8(C)CCC2)[C@]1(C)CCCc2coc(c21)C7=O. The van der Waals surface area contributed by atoms with Gasteiger partial charge in [-0.25, -0.2) is 0 Å². The average molecular weight is 949 g/mol. The minimum atomic E-state index is -0.909. The Morgan fingerprint density at radius 3 is 0.833 bits per heavy atom. The maximum atomic E-state index is 15.8. The summed E-state index contributed by atoms with van der Waals surface area (Å²) < 4.78 is 17.7. The monoisotopic (exact) mass is 948 g/mol. The number of carbonyl (C=O) groups excluding carboxylic acids is 3. The number of fused-ring (bicyclic) bond motifs is 15. The predicted octanol–water partition coefficient (Wildman–Crippen LogP) is 8.42. The first-order valence-electron chi connectivity index (χ1n) is 24.6. The van der Waals surface area contributed by atoms with Crippen LogP contribution in [0.3, 0.4) is 0 Å². The molecule has 0 N–H and O–H groups in total. The molecule has 6 aliphatic rings. The first kappa shape index (κ1) is 40.5. The van der Waals surface area contributed by atoms with Crippen LogP contribution in [0.25, 0.3) is 64.6 Å². The van der Waals surface area contributed by atoms with Crippen LogP contribution in [-0.4, -0.2) is 17.3 Å². The molecule has 0 radical (unpaired) electrons. The van der Waals surface area contributed by atoms with E-state index in [1.807, 2.05) is 20.8 Å². The van der Waals surface area contributed by atoms with Gasteiger partial charge in [0.05, 0.1) is 18.8 Å². The van der Waals surface area contributed by atoms with E-state index in [9.17, 15) is 14.4 Å². The van der Waals surface area contributed by atoms with Gasteiger partial charge < -0.3 is 13.3 Å². The maximum absolute atomic E-state index is 15.8. The summed E-state index contributed by atoms with van der Waals surface area (Å²) in [6, 6.07) is 8.70. The molecule has 10 aromatic rings. The number of hydrogen-bond donors (Lipinski definition) is 0. The largest absolute Gasteiger partial charge is 0.460 e. The van der Waals surface area contributed by atoms with Crippen molar-refractivity contribution in [2.45, 2.75) is 94.8 Å². The zero-order chi connectivity index (χ0) is 49.1. The van der Waals surface area contributed by atoms with Crippen molar-refractivity contribution < 1.29 is 27.6 Å². The van der Waals surface area contributed by atoms with E-state index >= 15 is 28.8 Å². The topological polar surface area (TPSA) is 193 Å². The van der Waals surface area contributed by atoms with Crippen molar-refractivity contribution in [2.24, 2.45) is 0 Å². The highest BCUT2D eigenvalue weighted by Crippen LogP contribution is 2.53. The lowest BCUT2D eigenvalue weighted by molar-refractivity contribution is 0.0991. The van der Waals surface area contributed by atoms with Crippen molar-refractivity contribution >= 4 is 82.0 Å². The molecule has 348 valence electrons. The van der Waals surface area contributed by atoms with E-state index in [1.54, 1.807) is 24.9 Å². The first-order chi connectivity index (χ1) is 34.6. The number of hydrogen-bond acceptors (Lipinski definition) is 12. The summed E-state index contributed by atoms with van der Waals surface area (Å²) in [5.41, 5.74) is -0.741. The molecule has 0 saturated carbocycles. The minimum Gasteiger partial charge on any atom is -0.460 e. The van der Waals surface area contributed by atoms with Gasteiger partial charge in [-0.05, 0) is 128 Å². The Hall–Kier alpha value is -8.25. The fraction of sp³-hybridized carbons (Fsp3) is 0.250. The molecule has 12 nitrogen and oxygen atoms in total. The van der Waals surface area contributed by atoms with Crippen molar-refractivity contribution in [3.63, 3.8) is 0 Å². The highest BCUT2D eigenvalue weighted by Gasteiger charge is 2.49. The highest BCUT2D eigenvalue weighted by atomic mass is 16.3. The molecule has 3 aromatic heterocycles. The molecule has 12 heteroatoms. The molecule has 0 amide bonds. The van der Waals surface area contributed by atoms with Gasteiger partial charge in [0.25, 0.3) is 0 Å². The van der Waals surface area contributed by atoms with Crippen LogP contribution in [0.2, 0.25) is 0 Å². The van der Waals surface area contributed by atoms with Crippen LogP contribution in [0.15, 0.2) is 97.2 Å². The van der Waals surface area contributed by atoms with Gasteiger partial charge in [0, 0.05) is 114 Å². The van der Waals surface area contributed by atoms with Crippen LogP contribution in [0.5, 0.6) is 0 Å². The van der Waals surface area contributed by atoms with Crippen LogP contribution in [-0.2, 0) is 35.5 Å². The molecular weight excluding hydrogens is 913 g/mol. The molecule has 3 heterocycles. The third-order valence-corrected chi connectivity index (χ3v) is 18.6. The van der Waals surface area contributed by atoms with Gasteiger partial charge in [0.2, 0.25) is 17.3 Å². The number of aryl methyl sites for hydroxylation is 3. The first-order valence-corrected chi connectivity index (χ1v) is 24.6. The lowest BCUT2D eigenvalue weighted by Gasteiger charge is -2.39. The number of benzene rings is 7. The molecule has 16 rings (SSSR count). The van der Waals surface area contributed by atoms with Crippen molar-refractivity contribution in [1.29, 1.82) is 0 Å². The van der Waals surface area contributed by atoms with Gasteiger partial charge >= 0.3 is 0 Å². The molecule has 3 atom stereocenters. The third-order valence-electron chi connectivity index (χ3n) is 18.6. The smallest absolute Gasteiger partial charge is 0.228 e. The molecular formula is C60H36O12. The predicted molar refractivity (Wildman–Crippen MR) is 267 cm³/mol. The second kappa shape index (κ2) is 12.4. The van der Waals surface area contributed by atoms with E-state index in [0.717, 1.165) is 52.6 Å². The summed E-state index contributed by atoms with van der Waals surface area (Å²) in [6.07, 6.45) is 10.9. The summed E-state index contributed by atoms with van der Waals surface area (Å²) in [7, 11) is 0. The lowest BCUT2D eigenvalue weighted by atomic mass is 9.62. The summed E-state index contributed by atoms with van der Waals surface area (Å²) in [4.78, 5) is 137. The van der Waals surface area contributed by atoms with Crippen molar-refractivity contribution in [1.82, 2.24) is 0 Å². The zero-order valence-corrected chi connectivity index (χ0v) is 39.0. The Balaban J connectivity index is 1.11. The van der Waals surface area contributed by atoms with Crippen molar-refractivity contribution in [3.05, 3.63) is 201 Å². The molecule has 0 aliphatic heterocycles. The summed E-state index contributed by atoms with van der Waals surface area (Å²) in [6.45, 7) is 5.92. The van der Waals surface area contributed by atoms with E-state index in [2.05, 4.69) is 0 Å². The normalized spacial score (nSPS) is 22.5. The summed E-state index contributed by atoms with van der Waals surface area (Å²) in [5.74, 6) is -0.940. The van der Waals surface area contributed by atoms with Crippen LogP contribution < -0.4 is 32.6 Å². The quantitative estimate of drug-likeness (QED) is 0.104. The molecule has 7 aromatic carbocycles. The minimum absolute atomic E-state index is 0.113. The molecule has 0 saturated heterocycles. The Kier molecular flexibility index (Phi) is 6.99. The van der Waals surface area contributed by atoms with Crippen LogP contribution >= 0.6 is 0 Å². The second-order valence-electron chi connectivity index (χ2n) is 22.0. The highest BCUT2D eigenvalue weighted by molar-refractivity contribution is 6.31. The molecule has 0 fully saturated rings. The van der Waals surface area contributed by atoms with Gasteiger partial charge in [0.15, 0.2) is 49.9 Å². The maximum Gasteiger partial charge on any atom is 0.228 e. The molecule has 0 bridgehead atoms. The van der Waals surface area contributed by atoms with E-state index in [-0.39, 0.29) is 66.3 Å². The standard InChI is InChI=1S/C60H36O12/c1-58-10-4-7-22-19-70-55(43(22)58)52(67)31-13-25-28(16-34(31)58)49(64)40-37(46(25)61)38-41(50(65)29-17-35-32(14-26(29)47(38)62)53(68)56-44-23(20-71-56)8-5-11-59(35,44)2)42-39(40)48(63)27-15-33-36(18-30(27)51(42)66)60(3)12-6-9-24-21-72-57(45(24)60)54(33)69/h13-21H,4-12H2,1-3H3/t58-,59-,60-/m0/s1.